The minimum atomic E-state index is -1.04. The van der Waals surface area contributed by atoms with Crippen LogP contribution in [0.5, 0.6) is 28.7 Å². The van der Waals surface area contributed by atoms with Crippen molar-refractivity contribution in [2.75, 3.05) is 27.6 Å². The molecule has 4 aromatic rings. The first-order chi connectivity index (χ1) is 22.9. The highest BCUT2D eigenvalue weighted by atomic mass is 16.7. The first-order valence-corrected chi connectivity index (χ1v) is 15.4. The molecule has 0 fully saturated rings. The van der Waals surface area contributed by atoms with Gasteiger partial charge in [0.15, 0.2) is 11.5 Å². The number of imidazole rings is 1. The SMILES string of the molecule is CCCCc1ncc(/C=C(\Cc2cc3c(cc2OC)OCO3)C(=O)OCC)n1-c1ccc(OC)cc1OCc1ccccc1C(=O)O. The second-order valence-electron chi connectivity index (χ2n) is 10.7. The summed E-state index contributed by atoms with van der Waals surface area (Å²) < 4.78 is 36.0. The van der Waals surface area contributed by atoms with Crippen molar-refractivity contribution < 1.29 is 43.1 Å². The highest BCUT2D eigenvalue weighted by Gasteiger charge is 2.23. The van der Waals surface area contributed by atoms with Crippen molar-refractivity contribution in [1.29, 1.82) is 0 Å². The molecule has 0 atom stereocenters. The Hall–Kier alpha value is -5.45. The van der Waals surface area contributed by atoms with E-state index in [1.807, 2.05) is 22.8 Å². The van der Waals surface area contributed by atoms with Crippen LogP contribution in [0.15, 0.2) is 66.4 Å². The summed E-state index contributed by atoms with van der Waals surface area (Å²) >= 11 is 0. The van der Waals surface area contributed by atoms with E-state index in [2.05, 4.69) is 6.92 Å². The number of methoxy groups -OCH3 is 2. The summed E-state index contributed by atoms with van der Waals surface area (Å²) in [6.07, 6.45) is 6.17. The van der Waals surface area contributed by atoms with Crippen LogP contribution in [0.25, 0.3) is 11.8 Å². The molecule has 1 aromatic heterocycles. The average Bonchev–Trinajstić information content (AvgIpc) is 3.71. The number of aromatic nitrogens is 2. The maximum absolute atomic E-state index is 13.4. The van der Waals surface area contributed by atoms with Crippen LogP contribution in [0.3, 0.4) is 0 Å². The number of ether oxygens (including phenoxy) is 6. The lowest BCUT2D eigenvalue weighted by Crippen LogP contribution is -2.12. The molecule has 1 aliphatic rings. The maximum Gasteiger partial charge on any atom is 0.336 e. The predicted octanol–water partition coefficient (Wildman–Crippen LogP) is 6.43. The topological polar surface area (TPSA) is 128 Å². The summed E-state index contributed by atoms with van der Waals surface area (Å²) in [4.78, 5) is 30.0. The van der Waals surface area contributed by atoms with E-state index in [9.17, 15) is 14.7 Å². The fourth-order valence-corrected chi connectivity index (χ4v) is 5.31. The third-order valence-corrected chi connectivity index (χ3v) is 7.67. The number of carbonyl (C=O) groups excluding carboxylic acids is 1. The zero-order valence-electron chi connectivity index (χ0n) is 26.9. The molecule has 0 unspecified atom stereocenters. The highest BCUT2D eigenvalue weighted by molar-refractivity contribution is 5.94. The number of carboxylic acids is 1. The Bertz CT molecular complexity index is 1780. The van der Waals surface area contributed by atoms with E-state index in [1.54, 1.807) is 69.8 Å². The van der Waals surface area contributed by atoms with Gasteiger partial charge >= 0.3 is 11.9 Å². The normalized spacial score (nSPS) is 12.1. The van der Waals surface area contributed by atoms with E-state index in [4.69, 9.17) is 33.4 Å². The van der Waals surface area contributed by atoms with Crippen LogP contribution in [0, 0.1) is 0 Å². The van der Waals surface area contributed by atoms with Gasteiger partial charge in [0.05, 0.1) is 44.0 Å². The van der Waals surface area contributed by atoms with E-state index in [0.717, 1.165) is 24.2 Å². The summed E-state index contributed by atoms with van der Waals surface area (Å²) in [5.41, 5.74) is 3.05. The molecule has 0 saturated heterocycles. The molecule has 0 aliphatic carbocycles. The molecular formula is C36H38N2O9. The zero-order valence-corrected chi connectivity index (χ0v) is 26.9. The number of unbranched alkanes of at least 4 members (excludes halogenated alkanes) is 1. The summed E-state index contributed by atoms with van der Waals surface area (Å²) in [5, 5.41) is 9.70. The molecule has 1 N–H and O–H groups in total. The van der Waals surface area contributed by atoms with Gasteiger partial charge in [-0.05, 0) is 43.7 Å². The van der Waals surface area contributed by atoms with Crippen LogP contribution in [0.1, 0.15) is 59.7 Å². The van der Waals surface area contributed by atoms with Gasteiger partial charge in [0.1, 0.15) is 29.7 Å². The quantitative estimate of drug-likeness (QED) is 0.115. The van der Waals surface area contributed by atoms with Gasteiger partial charge in [-0.1, -0.05) is 31.5 Å². The van der Waals surface area contributed by atoms with Crippen LogP contribution in [0.4, 0.5) is 0 Å². The third-order valence-electron chi connectivity index (χ3n) is 7.67. The van der Waals surface area contributed by atoms with Crippen molar-refractivity contribution >= 4 is 18.0 Å². The minimum absolute atomic E-state index is 0.00475. The molecule has 11 nitrogen and oxygen atoms in total. The maximum atomic E-state index is 13.4. The number of esters is 1. The Morgan fingerprint density at radius 2 is 1.77 bits per heavy atom. The van der Waals surface area contributed by atoms with Crippen molar-refractivity contribution in [1.82, 2.24) is 9.55 Å². The molecule has 2 heterocycles. The summed E-state index contributed by atoms with van der Waals surface area (Å²) in [7, 11) is 3.12. The van der Waals surface area contributed by atoms with Crippen LogP contribution in [-0.2, 0) is 29.0 Å². The third kappa shape index (κ3) is 7.51. The Morgan fingerprint density at radius 3 is 2.49 bits per heavy atom. The van der Waals surface area contributed by atoms with Crippen LogP contribution in [-0.4, -0.2) is 54.2 Å². The van der Waals surface area contributed by atoms with Gasteiger partial charge in [0, 0.05) is 41.7 Å². The largest absolute Gasteiger partial charge is 0.497 e. The molecule has 3 aromatic carbocycles. The lowest BCUT2D eigenvalue weighted by atomic mass is 10.0. The van der Waals surface area contributed by atoms with Gasteiger partial charge in [0.25, 0.3) is 0 Å². The molecule has 1 aliphatic heterocycles. The number of carboxylic acid groups (broad SMARTS) is 1. The lowest BCUT2D eigenvalue weighted by Gasteiger charge is -2.18. The Morgan fingerprint density at radius 1 is 0.979 bits per heavy atom. The fraction of sp³-hybridized carbons (Fsp3) is 0.306. The van der Waals surface area contributed by atoms with E-state index in [-0.39, 0.29) is 32.0 Å². The molecule has 246 valence electrons. The Balaban J connectivity index is 1.60. The van der Waals surface area contributed by atoms with Crippen LogP contribution < -0.4 is 23.7 Å². The molecule has 0 amide bonds. The smallest absolute Gasteiger partial charge is 0.336 e. The molecular weight excluding hydrogens is 604 g/mol. The van der Waals surface area contributed by atoms with E-state index in [1.165, 1.54) is 0 Å². The molecule has 0 bridgehead atoms. The standard InChI is InChI=1S/C36H38N2O9/c1-5-7-12-34-37-20-26(16-25(36(41)44-6-2)15-24-17-32-33(47-22-46-32)19-30(24)43-4)38(34)29-14-13-27(42-3)18-31(29)45-21-23-10-8-9-11-28(23)35(39)40/h8-11,13-14,16-20H,5-7,12,15,21-22H2,1-4H3,(H,39,40)/b25-16+. The second kappa shape index (κ2) is 15.2. The van der Waals surface area contributed by atoms with Gasteiger partial charge < -0.3 is 33.5 Å². The van der Waals surface area contributed by atoms with Gasteiger partial charge in [-0.15, -0.1) is 0 Å². The molecule has 0 spiro atoms. The number of benzene rings is 3. The Kier molecular flexibility index (Phi) is 10.7. The fourth-order valence-electron chi connectivity index (χ4n) is 5.31. The minimum Gasteiger partial charge on any atom is -0.497 e. The second-order valence-corrected chi connectivity index (χ2v) is 10.7. The Labute approximate surface area is 273 Å². The summed E-state index contributed by atoms with van der Waals surface area (Å²) in [6, 6.07) is 15.7. The van der Waals surface area contributed by atoms with E-state index < -0.39 is 11.9 Å². The highest BCUT2D eigenvalue weighted by Crippen LogP contribution is 2.39. The lowest BCUT2D eigenvalue weighted by molar-refractivity contribution is -0.138. The van der Waals surface area contributed by atoms with Gasteiger partial charge in [-0.2, -0.15) is 0 Å². The number of fused-ring (bicyclic) bond motifs is 1. The van der Waals surface area contributed by atoms with Crippen molar-refractivity contribution in [2.45, 2.75) is 46.1 Å². The number of nitrogens with zero attached hydrogens (tertiary/aromatic N) is 2. The summed E-state index contributed by atoms with van der Waals surface area (Å²) in [5.74, 6) is 1.95. The van der Waals surface area contributed by atoms with Gasteiger partial charge in [0.2, 0.25) is 6.79 Å². The van der Waals surface area contributed by atoms with Gasteiger partial charge in [-0.3, -0.25) is 4.57 Å². The molecule has 47 heavy (non-hydrogen) atoms. The number of hydrogen-bond donors (Lipinski definition) is 1. The number of aromatic carboxylic acids is 1. The molecule has 5 rings (SSSR count). The van der Waals surface area contributed by atoms with E-state index in [0.29, 0.717) is 57.7 Å². The molecule has 0 radical (unpaired) electrons. The van der Waals surface area contributed by atoms with Crippen LogP contribution >= 0.6 is 0 Å². The van der Waals surface area contributed by atoms with Crippen molar-refractivity contribution in [3.8, 4) is 34.4 Å². The van der Waals surface area contributed by atoms with Crippen molar-refractivity contribution in [3.63, 3.8) is 0 Å². The van der Waals surface area contributed by atoms with Crippen LogP contribution in [0.2, 0.25) is 0 Å². The van der Waals surface area contributed by atoms with E-state index >= 15 is 0 Å². The predicted molar refractivity (Wildman–Crippen MR) is 174 cm³/mol. The first kappa shape index (κ1) is 32.9. The molecule has 11 heteroatoms. The monoisotopic (exact) mass is 642 g/mol. The number of rotatable bonds is 15. The number of carbonyl (C=O) groups is 2. The number of hydrogen-bond acceptors (Lipinski definition) is 9. The first-order valence-electron chi connectivity index (χ1n) is 15.4. The van der Waals surface area contributed by atoms with Crippen molar-refractivity contribution in [2.24, 2.45) is 0 Å². The van der Waals surface area contributed by atoms with Crippen molar-refractivity contribution in [3.05, 3.63) is 94.6 Å². The summed E-state index contributed by atoms with van der Waals surface area (Å²) in [6.45, 7) is 4.17. The number of aryl methyl sites for hydroxylation is 1. The average molecular weight is 643 g/mol. The molecule has 0 saturated carbocycles. The zero-order chi connectivity index (χ0) is 33.3. The van der Waals surface area contributed by atoms with Gasteiger partial charge in [-0.25, -0.2) is 14.6 Å².